The van der Waals surface area contributed by atoms with Crippen LogP contribution in [0.25, 0.3) is 0 Å². The smallest absolute Gasteiger partial charge is 0.337 e. The van der Waals surface area contributed by atoms with Gasteiger partial charge in [-0.05, 0) is 80.1 Å². The fourth-order valence-corrected chi connectivity index (χ4v) is 4.69. The Morgan fingerprint density at radius 1 is 1.11 bits per heavy atom. The maximum absolute atomic E-state index is 11.0. The number of esters is 1. The average Bonchev–Trinajstić information content (AvgIpc) is 3.41. The number of hydrogen-bond acceptors (Lipinski definition) is 6. The predicted molar refractivity (Wildman–Crippen MR) is 147 cm³/mol. The van der Waals surface area contributed by atoms with Crippen LogP contribution in [0.4, 0.5) is 5.69 Å². The quantitative estimate of drug-likeness (QED) is 0.207. The molecular formula is C29H34CoN4O4. The van der Waals surface area contributed by atoms with E-state index in [9.17, 15) is 4.79 Å². The largest absolute Gasteiger partial charge is 0.497 e. The third-order valence-corrected chi connectivity index (χ3v) is 6.67. The van der Waals surface area contributed by atoms with E-state index in [0.29, 0.717) is 11.1 Å². The molecule has 1 aliphatic rings. The zero-order chi connectivity index (χ0) is 27.2. The summed E-state index contributed by atoms with van der Waals surface area (Å²) in [6, 6.07) is 16.5. The molecule has 1 aromatic heterocycles. The second-order valence-corrected chi connectivity index (χ2v) is 8.88. The van der Waals surface area contributed by atoms with E-state index in [-0.39, 0.29) is 22.2 Å². The van der Waals surface area contributed by atoms with Crippen molar-refractivity contribution in [1.82, 2.24) is 4.57 Å². The van der Waals surface area contributed by atoms with Crippen LogP contribution in [0.1, 0.15) is 41.0 Å². The second-order valence-electron chi connectivity index (χ2n) is 8.88. The minimum absolute atomic E-state index is 0. The molecule has 3 N–H and O–H groups in total. The number of aryl methyl sites for hydroxylation is 1. The number of likely N-dealkylation sites (N-methyl/N-ethyl adjacent to an activating group) is 1. The van der Waals surface area contributed by atoms with Gasteiger partial charge in [-0.3, -0.25) is 5.41 Å². The van der Waals surface area contributed by atoms with Crippen LogP contribution in [-0.2, 0) is 40.4 Å². The summed E-state index contributed by atoms with van der Waals surface area (Å²) in [7, 11) is 5.08. The van der Waals surface area contributed by atoms with E-state index >= 15 is 0 Å². The standard InChI is InChI=1S/C20H25N3O.C9H9NO3.Co/c1-5-23-18-9-8-16(24-4)13-17(18)20(2,19(23)10-11-21)14-15-7-6-12-22(15)3;1-13-9(12)7-4-2-6(3-5-7)8(10)11;/h6-13,21H,5,14H2,1-4H3;2-5H,1H3,(H2,10,11);/b19-10-,21-11?;;. The number of rotatable bonds is 7. The molecule has 3 aromatic rings. The van der Waals surface area contributed by atoms with E-state index in [1.807, 2.05) is 12.1 Å². The number of aliphatic hydroxyl groups excluding tert-OH is 1. The number of hydrogen-bond donors (Lipinski definition) is 3. The molecule has 0 saturated heterocycles. The summed E-state index contributed by atoms with van der Waals surface area (Å²) in [5.74, 6) is -0.0774. The van der Waals surface area contributed by atoms with Crippen LogP contribution in [0.15, 0.2) is 72.6 Å². The van der Waals surface area contributed by atoms with Gasteiger partial charge in [0.25, 0.3) is 0 Å². The monoisotopic (exact) mass is 561 g/mol. The molecule has 0 amide bonds. The Morgan fingerprint density at radius 2 is 1.76 bits per heavy atom. The number of nitrogens with one attached hydrogen (secondary N) is 2. The summed E-state index contributed by atoms with van der Waals surface area (Å²) in [5.41, 5.74) is 5.50. The van der Waals surface area contributed by atoms with Crippen molar-refractivity contribution in [2.24, 2.45) is 7.05 Å². The van der Waals surface area contributed by atoms with Gasteiger partial charge in [0.1, 0.15) is 5.75 Å². The van der Waals surface area contributed by atoms with Crippen molar-refractivity contribution < 1.29 is 36.2 Å². The van der Waals surface area contributed by atoms with E-state index in [1.165, 1.54) is 60.2 Å². The number of anilines is 1. The van der Waals surface area contributed by atoms with Crippen molar-refractivity contribution >= 4 is 23.8 Å². The average molecular weight is 562 g/mol. The number of nitrogens with zero attached hydrogens (tertiary/aromatic N) is 2. The predicted octanol–water partition coefficient (Wildman–Crippen LogP) is 5.26. The maximum Gasteiger partial charge on any atom is 0.337 e. The first kappa shape index (κ1) is 30.4. The van der Waals surface area contributed by atoms with Gasteiger partial charge in [-0.1, -0.05) is 0 Å². The Kier molecular flexibility index (Phi) is 10.5. The number of carbonyl (C=O) groups is 1. The number of benzene rings is 2. The third kappa shape index (κ3) is 6.17. The van der Waals surface area contributed by atoms with Crippen LogP contribution < -0.4 is 9.64 Å². The van der Waals surface area contributed by atoms with Gasteiger partial charge in [0, 0.05) is 77.3 Å². The summed E-state index contributed by atoms with van der Waals surface area (Å²) < 4.78 is 12.1. The Balaban J connectivity index is 0.000000309. The van der Waals surface area contributed by atoms with Gasteiger partial charge in [-0.25, -0.2) is 4.79 Å². The summed E-state index contributed by atoms with van der Waals surface area (Å²) in [5, 5.41) is 23.3. The number of fused-ring (bicyclic) bond motifs is 1. The van der Waals surface area contributed by atoms with Crippen LogP contribution in [0, 0.1) is 10.8 Å². The molecule has 0 saturated carbocycles. The Labute approximate surface area is 234 Å². The zero-order valence-corrected chi connectivity index (χ0v) is 23.3. The Hall–Kier alpha value is -3.82. The molecule has 2 heterocycles. The van der Waals surface area contributed by atoms with Gasteiger partial charge in [0.05, 0.1) is 19.8 Å². The number of methoxy groups -OCH3 is 2. The number of allylic oxidation sites excluding steroid dienone is 2. The van der Waals surface area contributed by atoms with E-state index in [0.717, 1.165) is 18.7 Å². The first-order valence-electron chi connectivity index (χ1n) is 11.9. The molecule has 4 rings (SSSR count). The van der Waals surface area contributed by atoms with Crippen molar-refractivity contribution in [2.45, 2.75) is 25.7 Å². The van der Waals surface area contributed by atoms with E-state index in [2.05, 4.69) is 65.6 Å². The minimum Gasteiger partial charge on any atom is -0.497 e. The van der Waals surface area contributed by atoms with Gasteiger partial charge < -0.3 is 29.5 Å². The first-order chi connectivity index (χ1) is 17.7. The van der Waals surface area contributed by atoms with Gasteiger partial charge in [-0.2, -0.15) is 0 Å². The fourth-order valence-electron chi connectivity index (χ4n) is 4.69. The molecule has 9 heteroatoms. The Bertz CT molecular complexity index is 1320. The topological polar surface area (TPSA) is 112 Å². The van der Waals surface area contributed by atoms with Crippen LogP contribution in [0.3, 0.4) is 0 Å². The van der Waals surface area contributed by atoms with Crippen molar-refractivity contribution in [2.75, 3.05) is 25.7 Å². The zero-order valence-electron chi connectivity index (χ0n) is 22.2. The third-order valence-electron chi connectivity index (χ3n) is 6.67. The van der Waals surface area contributed by atoms with Crippen molar-refractivity contribution in [3.63, 3.8) is 0 Å². The van der Waals surface area contributed by atoms with E-state index in [4.69, 9.17) is 20.7 Å². The molecule has 0 aliphatic carbocycles. The summed E-state index contributed by atoms with van der Waals surface area (Å²) in [6.45, 7) is 5.30. The minimum atomic E-state index is -0.517. The molecule has 0 bridgehead atoms. The number of aromatic nitrogens is 1. The van der Waals surface area contributed by atoms with Crippen molar-refractivity contribution in [3.05, 3.63) is 95.0 Å². The summed E-state index contributed by atoms with van der Waals surface area (Å²) in [6.07, 6.45) is 6.29. The SMILES string of the molecule is CCN1/C(=C\C=N)C(C)(Cc2cccn2C)c2cc(OC)ccc21.COC(=O)c1ccc(C(=N)O)cc1.[Co]. The van der Waals surface area contributed by atoms with Crippen LogP contribution in [0.5, 0.6) is 5.75 Å². The van der Waals surface area contributed by atoms with Crippen LogP contribution >= 0.6 is 0 Å². The maximum atomic E-state index is 11.0. The molecule has 2 aromatic carbocycles. The molecule has 1 aliphatic heterocycles. The second kappa shape index (κ2) is 13.1. The van der Waals surface area contributed by atoms with Crippen LogP contribution in [-0.4, -0.2) is 48.5 Å². The number of aliphatic hydroxyl groups is 1. The van der Waals surface area contributed by atoms with Gasteiger partial charge in [0.2, 0.25) is 5.90 Å². The summed E-state index contributed by atoms with van der Waals surface area (Å²) >= 11 is 0. The molecule has 1 atom stereocenters. The van der Waals surface area contributed by atoms with Gasteiger partial charge >= 0.3 is 5.97 Å². The molecule has 0 spiro atoms. The molecular weight excluding hydrogens is 527 g/mol. The Morgan fingerprint density at radius 3 is 2.26 bits per heavy atom. The summed E-state index contributed by atoms with van der Waals surface area (Å²) in [4.78, 5) is 13.3. The molecule has 203 valence electrons. The molecule has 0 fully saturated rings. The van der Waals surface area contributed by atoms with Gasteiger partial charge in [-0.15, -0.1) is 0 Å². The fraction of sp³-hybridized carbons (Fsp3) is 0.276. The van der Waals surface area contributed by atoms with E-state index < -0.39 is 11.9 Å². The number of ether oxygens (including phenoxy) is 2. The van der Waals surface area contributed by atoms with E-state index in [1.54, 1.807) is 7.11 Å². The van der Waals surface area contributed by atoms with Crippen molar-refractivity contribution in [3.8, 4) is 5.75 Å². The molecule has 38 heavy (non-hydrogen) atoms. The molecule has 1 unspecified atom stereocenters. The van der Waals surface area contributed by atoms with Crippen molar-refractivity contribution in [1.29, 1.82) is 10.8 Å². The first-order valence-corrected chi connectivity index (χ1v) is 11.9. The molecule has 1 radical (unpaired) electrons. The molecule has 8 nitrogen and oxygen atoms in total. The van der Waals surface area contributed by atoms with Gasteiger partial charge in [0.15, 0.2) is 0 Å². The normalized spacial score (nSPS) is 16.6. The number of carbonyl (C=O) groups excluding carboxylic acids is 1. The van der Waals surface area contributed by atoms with Crippen LogP contribution in [0.2, 0.25) is 0 Å².